The number of aryl methyl sites for hydroxylation is 1. The number of hydrogen-bond acceptors (Lipinski definition) is 7. The average Bonchev–Trinajstić information content (AvgIpc) is 3.47. The van der Waals surface area contributed by atoms with Gasteiger partial charge in [0.25, 0.3) is 0 Å². The molecule has 0 saturated heterocycles. The van der Waals surface area contributed by atoms with Crippen molar-refractivity contribution >= 4 is 40.5 Å². The fourth-order valence-electron chi connectivity index (χ4n) is 5.18. The number of aliphatic imine (C=N–C) groups is 1. The van der Waals surface area contributed by atoms with Gasteiger partial charge in [-0.1, -0.05) is 30.3 Å². The zero-order valence-electron chi connectivity index (χ0n) is 26.2. The Morgan fingerprint density at radius 2 is 1.65 bits per heavy atom. The van der Waals surface area contributed by atoms with E-state index in [0.29, 0.717) is 25.7 Å². The number of aromatic amines is 1. The lowest BCUT2D eigenvalue weighted by Gasteiger charge is -2.25. The minimum absolute atomic E-state index is 0.0736. The maximum Gasteiger partial charge on any atom is 0.244 e. The first kappa shape index (κ1) is 35.4. The van der Waals surface area contributed by atoms with Crippen molar-refractivity contribution < 1.29 is 29.1 Å². The molecule has 0 aliphatic rings. The lowest BCUT2D eigenvalue weighted by molar-refractivity contribution is -0.136. The maximum absolute atomic E-state index is 13.8. The van der Waals surface area contributed by atoms with Crippen molar-refractivity contribution in [3.8, 4) is 5.75 Å². The minimum Gasteiger partial charge on any atom is -0.497 e. The molecule has 10 N–H and O–H groups in total. The molecule has 4 amide bonds. The van der Waals surface area contributed by atoms with Gasteiger partial charge in [0, 0.05) is 49.5 Å². The lowest BCUT2D eigenvalue weighted by atomic mass is 9.94. The van der Waals surface area contributed by atoms with Crippen LogP contribution in [-0.4, -0.2) is 72.6 Å². The van der Waals surface area contributed by atoms with Crippen molar-refractivity contribution in [1.82, 2.24) is 26.4 Å². The highest BCUT2D eigenvalue weighted by molar-refractivity contribution is 5.94. The number of para-hydroxylation sites is 1. The van der Waals surface area contributed by atoms with Gasteiger partial charge in [0.05, 0.1) is 7.11 Å². The number of nitrogens with zero attached hydrogens (tertiary/aromatic N) is 1. The van der Waals surface area contributed by atoms with Crippen LogP contribution < -0.4 is 37.6 Å². The number of carbonyl (C=O) groups is 4. The van der Waals surface area contributed by atoms with Crippen LogP contribution in [0, 0.1) is 5.92 Å². The number of likely N-dealkylation sites (N-methyl/N-ethyl adjacent to an activating group) is 1. The molecule has 0 fully saturated rings. The van der Waals surface area contributed by atoms with E-state index in [9.17, 15) is 24.4 Å². The molecular formula is C32H44N8O6. The first-order valence-corrected chi connectivity index (χ1v) is 15.1. The summed E-state index contributed by atoms with van der Waals surface area (Å²) in [6, 6.07) is 13.1. The number of H-pyrrole nitrogens is 1. The van der Waals surface area contributed by atoms with E-state index in [1.165, 1.54) is 7.05 Å². The Morgan fingerprint density at radius 1 is 0.935 bits per heavy atom. The van der Waals surface area contributed by atoms with E-state index >= 15 is 0 Å². The summed E-state index contributed by atoms with van der Waals surface area (Å²) in [7, 11) is 3.05. The zero-order valence-corrected chi connectivity index (χ0v) is 26.2. The van der Waals surface area contributed by atoms with Crippen molar-refractivity contribution in [2.45, 2.75) is 57.0 Å². The van der Waals surface area contributed by atoms with Crippen LogP contribution in [0.3, 0.4) is 0 Å². The number of carbonyl (C=O) groups excluding carboxylic acids is 4. The Morgan fingerprint density at radius 3 is 2.33 bits per heavy atom. The van der Waals surface area contributed by atoms with Gasteiger partial charge in [-0.2, -0.15) is 0 Å². The third kappa shape index (κ3) is 10.8. The monoisotopic (exact) mass is 636 g/mol. The van der Waals surface area contributed by atoms with E-state index < -0.39 is 41.6 Å². The second-order valence-electron chi connectivity index (χ2n) is 10.9. The van der Waals surface area contributed by atoms with Gasteiger partial charge in [-0.15, -0.1) is 0 Å². The van der Waals surface area contributed by atoms with E-state index in [1.807, 2.05) is 48.5 Å². The van der Waals surface area contributed by atoms with Crippen LogP contribution >= 0.6 is 0 Å². The van der Waals surface area contributed by atoms with Gasteiger partial charge in [-0.3, -0.25) is 29.4 Å². The molecular weight excluding hydrogens is 592 g/mol. The number of aromatic nitrogens is 1. The molecule has 1 heterocycles. The summed E-state index contributed by atoms with van der Waals surface area (Å²) in [6.45, 7) is 0.270. The van der Waals surface area contributed by atoms with Crippen LogP contribution in [-0.2, 0) is 32.0 Å². The number of fused-ring (bicyclic) bond motifs is 1. The van der Waals surface area contributed by atoms with Crippen molar-refractivity contribution in [2.24, 2.45) is 22.4 Å². The molecule has 0 unspecified atom stereocenters. The Labute approximate surface area is 267 Å². The molecule has 1 aromatic heterocycles. The van der Waals surface area contributed by atoms with Crippen LogP contribution in [0.2, 0.25) is 0 Å². The molecule has 0 bridgehead atoms. The van der Waals surface area contributed by atoms with Crippen LogP contribution in [0.25, 0.3) is 10.9 Å². The predicted molar refractivity (Wildman–Crippen MR) is 174 cm³/mol. The molecule has 14 heteroatoms. The lowest BCUT2D eigenvalue weighted by Crippen LogP contribution is -2.55. The molecule has 0 aliphatic carbocycles. The highest BCUT2D eigenvalue weighted by Gasteiger charge is 2.30. The molecule has 3 rings (SSSR count). The van der Waals surface area contributed by atoms with Crippen LogP contribution in [0.1, 0.15) is 43.2 Å². The molecule has 0 aliphatic heterocycles. The minimum atomic E-state index is -1.09. The summed E-state index contributed by atoms with van der Waals surface area (Å²) < 4.78 is 5.20. The molecule has 3 atom stereocenters. The third-order valence-corrected chi connectivity index (χ3v) is 7.66. The Hall–Kier alpha value is -5.11. The molecule has 0 spiro atoms. The van der Waals surface area contributed by atoms with Crippen LogP contribution in [0.15, 0.2) is 59.7 Å². The van der Waals surface area contributed by atoms with Gasteiger partial charge in [0.15, 0.2) is 5.96 Å². The number of guanidine groups is 1. The smallest absolute Gasteiger partial charge is 0.244 e. The summed E-state index contributed by atoms with van der Waals surface area (Å²) in [4.78, 5) is 59.4. The first-order chi connectivity index (χ1) is 22.1. The number of nitrogens with two attached hydrogens (primary N) is 2. The fraction of sp³-hybridized carbons (Fsp3) is 0.406. The van der Waals surface area contributed by atoms with E-state index in [0.717, 1.165) is 27.8 Å². The topological polar surface area (TPSA) is 226 Å². The van der Waals surface area contributed by atoms with Gasteiger partial charge in [-0.05, 0) is 61.4 Å². The molecule has 248 valence electrons. The zero-order chi connectivity index (χ0) is 33.5. The summed E-state index contributed by atoms with van der Waals surface area (Å²) in [5.74, 6) is -2.41. The van der Waals surface area contributed by atoms with Crippen LogP contribution in [0.4, 0.5) is 0 Å². The van der Waals surface area contributed by atoms with E-state index in [4.69, 9.17) is 16.2 Å². The fourth-order valence-corrected chi connectivity index (χ4v) is 5.18. The predicted octanol–water partition coefficient (Wildman–Crippen LogP) is 1.02. The largest absolute Gasteiger partial charge is 0.497 e. The van der Waals surface area contributed by atoms with Gasteiger partial charge < -0.3 is 37.1 Å². The Balaban J connectivity index is 1.80. The highest BCUT2D eigenvalue weighted by Crippen LogP contribution is 2.21. The molecule has 14 nitrogen and oxygen atoms in total. The van der Waals surface area contributed by atoms with Crippen molar-refractivity contribution in [3.05, 3.63) is 65.9 Å². The molecule has 2 aromatic carbocycles. The SMILES string of the molecule is CNC(=O)[C@@H](CCCN=C(N)N)NC(=O)[C@@H](Cc1c[nH]c2ccccc12)NC(=O)[C@@H](CCCc1ccc(OC)cc1)CC(=O)NO. The summed E-state index contributed by atoms with van der Waals surface area (Å²) in [5, 5.41) is 18.2. The second-order valence-corrected chi connectivity index (χ2v) is 10.9. The number of hydroxylamine groups is 1. The van der Waals surface area contributed by atoms with Gasteiger partial charge in [0.1, 0.15) is 17.8 Å². The number of rotatable bonds is 18. The van der Waals surface area contributed by atoms with E-state index in [1.54, 1.807) is 18.8 Å². The number of nitrogens with one attached hydrogen (secondary N) is 5. The highest BCUT2D eigenvalue weighted by atomic mass is 16.5. The quantitative estimate of drug-likeness (QED) is 0.0330. The normalized spacial score (nSPS) is 12.8. The summed E-state index contributed by atoms with van der Waals surface area (Å²) in [6.07, 6.45) is 3.80. The van der Waals surface area contributed by atoms with Crippen molar-refractivity contribution in [1.29, 1.82) is 0 Å². The van der Waals surface area contributed by atoms with Crippen molar-refractivity contribution in [2.75, 3.05) is 20.7 Å². The average molecular weight is 637 g/mol. The van der Waals surface area contributed by atoms with E-state index in [-0.39, 0.29) is 31.8 Å². The summed E-state index contributed by atoms with van der Waals surface area (Å²) >= 11 is 0. The number of hydrogen-bond donors (Lipinski definition) is 8. The van der Waals surface area contributed by atoms with Gasteiger partial charge in [-0.25, -0.2) is 5.48 Å². The number of benzene rings is 2. The molecule has 3 aromatic rings. The number of ether oxygens (including phenoxy) is 1. The summed E-state index contributed by atoms with van der Waals surface area (Å²) in [5.41, 5.74) is 15.1. The third-order valence-electron chi connectivity index (χ3n) is 7.66. The number of methoxy groups -OCH3 is 1. The standard InChI is InChI=1S/C32H44N8O6/c1-35-30(43)26(11-6-16-36-32(33)34)38-31(44)27(17-22-19-37-25-10-4-3-9-24(22)25)39-29(42)21(18-28(41)40-45)8-5-7-20-12-14-23(46-2)15-13-20/h3-4,9-10,12-15,19,21,26-27,37,45H,5-8,11,16-18H2,1-2H3,(H,35,43)(H,38,44)(H,39,42)(H,40,41)(H4,33,34,36)/t21-,26+,27+/m0/s1. The van der Waals surface area contributed by atoms with E-state index in [2.05, 4.69) is 25.9 Å². The van der Waals surface area contributed by atoms with Gasteiger partial charge in [0.2, 0.25) is 23.6 Å². The number of amides is 4. The molecule has 0 saturated carbocycles. The molecule has 0 radical (unpaired) electrons. The Kier molecular flexibility index (Phi) is 13.8. The Bertz CT molecular complexity index is 1490. The van der Waals surface area contributed by atoms with Crippen LogP contribution in [0.5, 0.6) is 5.75 Å². The molecule has 46 heavy (non-hydrogen) atoms. The maximum atomic E-state index is 13.8. The van der Waals surface area contributed by atoms with Crippen molar-refractivity contribution in [3.63, 3.8) is 0 Å². The second kappa shape index (κ2) is 18.0. The van der Waals surface area contributed by atoms with Gasteiger partial charge >= 0.3 is 0 Å². The first-order valence-electron chi connectivity index (χ1n) is 15.1.